The van der Waals surface area contributed by atoms with Gasteiger partial charge in [0.15, 0.2) is 42.7 Å². The maximum atomic E-state index is 14.2. The van der Waals surface area contributed by atoms with Crippen LogP contribution in [0.15, 0.2) is 48.7 Å². The molecule has 3 saturated heterocycles. The zero-order chi connectivity index (χ0) is 54.4. The van der Waals surface area contributed by atoms with Crippen molar-refractivity contribution in [1.82, 2.24) is 20.3 Å². The number of amides is 1. The molecule has 24 nitrogen and oxygen atoms in total. The number of carboxylic acids is 1. The lowest BCUT2D eigenvalue weighted by molar-refractivity contribution is -0.349. The van der Waals surface area contributed by atoms with E-state index in [9.17, 15) is 69.1 Å². The summed E-state index contributed by atoms with van der Waals surface area (Å²) in [5.74, 6) is -6.58. The van der Waals surface area contributed by atoms with Crippen LogP contribution in [0.5, 0.6) is 0 Å². The maximum Gasteiger partial charge on any atom is 0.338 e. The van der Waals surface area contributed by atoms with Gasteiger partial charge in [-0.25, -0.2) is 23.1 Å². The van der Waals surface area contributed by atoms with E-state index < -0.39 is 165 Å². The van der Waals surface area contributed by atoms with Crippen molar-refractivity contribution in [2.75, 3.05) is 26.4 Å². The lowest BCUT2D eigenvalue weighted by atomic mass is 9.77. The smallest absolute Gasteiger partial charge is 0.338 e. The van der Waals surface area contributed by atoms with E-state index in [4.69, 9.17) is 37.9 Å². The number of hydrogen-bond acceptors (Lipinski definition) is 21. The van der Waals surface area contributed by atoms with Crippen LogP contribution in [-0.4, -0.2) is 209 Å². The molecule has 0 bridgehead atoms. The van der Waals surface area contributed by atoms with E-state index >= 15 is 0 Å². The van der Waals surface area contributed by atoms with Gasteiger partial charge >= 0.3 is 11.9 Å². The Bertz CT molecular complexity index is 2350. The SMILES string of the molecule is CCC[C@H](OC1C(OC(=O)c2ccccc2)[C@H](O[C@@H]2CC(C(=O)NCCO[C@H]3O[C@H](CO)[C@@H](O)C(n4cc(-c5cc(C)c(F)c(F)c5)nn4)C3O)C[C@@H](C)C2O[C@@H]2OC(C)[C@@H](O)[C@H](O)C2O)OC(CO)[C@@H]1O)C(=O)O. The Morgan fingerprint density at radius 2 is 1.52 bits per heavy atom. The summed E-state index contributed by atoms with van der Waals surface area (Å²) in [6.45, 7) is 4.16. The molecule has 75 heavy (non-hydrogen) atoms. The lowest BCUT2D eigenvalue weighted by Crippen LogP contribution is -2.64. The fraction of sp³-hybridized carbons (Fsp3) is 0.653. The van der Waals surface area contributed by atoms with Crippen molar-refractivity contribution in [1.29, 1.82) is 0 Å². The quantitative estimate of drug-likeness (QED) is 0.0491. The number of halogens is 2. The van der Waals surface area contributed by atoms with Crippen molar-refractivity contribution in [3.8, 4) is 11.3 Å². The largest absolute Gasteiger partial charge is 0.479 e. The van der Waals surface area contributed by atoms with E-state index in [-0.39, 0.29) is 54.8 Å². The Kier molecular flexibility index (Phi) is 19.8. The number of carbonyl (C=O) groups is 3. The molecule has 1 amide bonds. The highest BCUT2D eigenvalue weighted by molar-refractivity contribution is 5.89. The third kappa shape index (κ3) is 13.2. The van der Waals surface area contributed by atoms with Gasteiger partial charge in [0, 0.05) is 18.0 Å². The molecule has 26 heteroatoms. The van der Waals surface area contributed by atoms with Crippen LogP contribution in [0, 0.1) is 30.4 Å². The van der Waals surface area contributed by atoms with Crippen molar-refractivity contribution >= 4 is 17.8 Å². The number of aliphatic carboxylic acids is 1. The zero-order valence-corrected chi connectivity index (χ0v) is 41.4. The van der Waals surface area contributed by atoms with Crippen LogP contribution in [0.3, 0.4) is 0 Å². The van der Waals surface area contributed by atoms with Crippen LogP contribution < -0.4 is 5.32 Å². The van der Waals surface area contributed by atoms with Gasteiger partial charge in [-0.15, -0.1) is 5.10 Å². The predicted molar refractivity (Wildman–Crippen MR) is 248 cm³/mol. The van der Waals surface area contributed by atoms with Crippen LogP contribution in [0.2, 0.25) is 0 Å². The Balaban J connectivity index is 1.09. The van der Waals surface area contributed by atoms with Gasteiger partial charge in [-0.05, 0) is 68.9 Å². The first-order valence-corrected chi connectivity index (χ1v) is 24.7. The second-order valence-electron chi connectivity index (χ2n) is 19.3. The molecule has 3 aliphatic heterocycles. The molecule has 416 valence electrons. The third-order valence-electron chi connectivity index (χ3n) is 13.9. The summed E-state index contributed by atoms with van der Waals surface area (Å²) in [5, 5.41) is 107. The highest BCUT2D eigenvalue weighted by atomic mass is 19.2. The first kappa shape index (κ1) is 57.9. The van der Waals surface area contributed by atoms with E-state index in [1.165, 1.54) is 38.2 Å². The number of aliphatic hydroxyl groups excluding tert-OH is 8. The van der Waals surface area contributed by atoms with Crippen molar-refractivity contribution in [2.24, 2.45) is 11.8 Å². The minimum absolute atomic E-state index is 0.00452. The molecule has 20 atom stereocenters. The van der Waals surface area contributed by atoms with E-state index in [2.05, 4.69) is 15.6 Å². The summed E-state index contributed by atoms with van der Waals surface area (Å²) in [6, 6.07) is 8.61. The molecule has 0 spiro atoms. The van der Waals surface area contributed by atoms with Gasteiger partial charge in [-0.3, -0.25) is 4.79 Å². The number of aliphatic hydroxyl groups is 8. The zero-order valence-electron chi connectivity index (χ0n) is 41.4. The van der Waals surface area contributed by atoms with Gasteiger partial charge in [0.2, 0.25) is 5.91 Å². The monoisotopic (exact) mass is 1070 g/mol. The number of rotatable bonds is 20. The van der Waals surface area contributed by atoms with E-state index in [0.717, 1.165) is 10.7 Å². The maximum absolute atomic E-state index is 14.2. The van der Waals surface area contributed by atoms with Crippen LogP contribution in [0.1, 0.15) is 68.4 Å². The summed E-state index contributed by atoms with van der Waals surface area (Å²) in [4.78, 5) is 40.2. The molecule has 9 unspecified atom stereocenters. The molecule has 4 fully saturated rings. The molecule has 4 aliphatic rings. The Morgan fingerprint density at radius 3 is 2.19 bits per heavy atom. The number of carbonyl (C=O) groups excluding carboxylic acids is 2. The van der Waals surface area contributed by atoms with Crippen molar-refractivity contribution in [2.45, 2.75) is 164 Å². The molecule has 7 rings (SSSR count). The number of aryl methyl sites for hydroxylation is 1. The fourth-order valence-corrected chi connectivity index (χ4v) is 9.82. The topological polar surface area (TPSA) is 350 Å². The number of carboxylic acid groups (broad SMARTS) is 1. The third-order valence-corrected chi connectivity index (χ3v) is 13.9. The summed E-state index contributed by atoms with van der Waals surface area (Å²) in [6.07, 6.45) is -24.3. The van der Waals surface area contributed by atoms with Crippen molar-refractivity contribution in [3.63, 3.8) is 0 Å². The molecule has 1 aliphatic carbocycles. The average molecular weight is 1070 g/mol. The number of nitrogens with one attached hydrogen (secondary N) is 1. The number of ether oxygens (including phenoxy) is 8. The first-order valence-electron chi connectivity index (χ1n) is 24.7. The standard InChI is InChI=1S/C49H66F2N4O20/c1-5-9-29(45(65)66)70-42-37(60)32(20-57)73-49(43(42)74-46(67)24-10-7-6-8-11-24)71-30-17-26(15-22(3)41(30)75-48-40(63)39(62)35(58)23(4)69-48)44(64)52-12-13-68-47-38(61)34(36(59)31(19-56)72-47)55-18-28(53-54-55)25-14-21(2)33(51)27(50)16-25/h6-8,10-11,14,16,18,22-23,26,29-32,34-43,47-49,56-63H,5,9,12-13,15,17,19-20H2,1-4H3,(H,52,64)(H,65,66)/t22-,23?,26?,29+,30-,31-,32?,34?,35-,36-,37+,38?,39+,40?,41?,42?,43?,47+,48+,49-/m1/s1. The molecule has 3 aromatic rings. The second kappa shape index (κ2) is 25.6. The molecule has 4 heterocycles. The van der Waals surface area contributed by atoms with E-state index in [1.54, 1.807) is 32.0 Å². The molecule has 2 aromatic carbocycles. The molecular formula is C49H66F2N4O20. The highest BCUT2D eigenvalue weighted by Crippen LogP contribution is 2.39. The van der Waals surface area contributed by atoms with Gasteiger partial charge in [-0.2, -0.15) is 0 Å². The minimum atomic E-state index is -1.77. The van der Waals surface area contributed by atoms with Crippen LogP contribution in [0.4, 0.5) is 8.78 Å². The van der Waals surface area contributed by atoms with Gasteiger partial charge in [0.05, 0.1) is 49.9 Å². The van der Waals surface area contributed by atoms with Gasteiger partial charge in [-0.1, -0.05) is 43.7 Å². The minimum Gasteiger partial charge on any atom is -0.479 e. The number of aromatic nitrogens is 3. The first-order chi connectivity index (χ1) is 35.8. The van der Waals surface area contributed by atoms with Gasteiger partial charge < -0.3 is 89.2 Å². The Hall–Kier alpha value is -4.75. The summed E-state index contributed by atoms with van der Waals surface area (Å²) in [7, 11) is 0. The van der Waals surface area contributed by atoms with Crippen LogP contribution >= 0.6 is 0 Å². The van der Waals surface area contributed by atoms with Crippen molar-refractivity contribution < 1.29 is 107 Å². The van der Waals surface area contributed by atoms with E-state index in [1.807, 2.05) is 0 Å². The van der Waals surface area contributed by atoms with Crippen LogP contribution in [0.25, 0.3) is 11.3 Å². The number of benzene rings is 2. The molecule has 1 aromatic heterocycles. The number of nitrogens with zero attached hydrogens (tertiary/aromatic N) is 3. The molecule has 0 radical (unpaired) electrons. The summed E-state index contributed by atoms with van der Waals surface area (Å²) >= 11 is 0. The normalized spacial score (nSPS) is 35.6. The Labute approximate surface area is 429 Å². The fourth-order valence-electron chi connectivity index (χ4n) is 9.82. The van der Waals surface area contributed by atoms with Crippen molar-refractivity contribution in [3.05, 3.63) is 71.4 Å². The average Bonchev–Trinajstić information content (AvgIpc) is 3.88. The number of hydrogen-bond donors (Lipinski definition) is 10. The Morgan fingerprint density at radius 1 is 0.827 bits per heavy atom. The lowest BCUT2D eigenvalue weighted by Gasteiger charge is -2.48. The molecule has 1 saturated carbocycles. The second-order valence-corrected chi connectivity index (χ2v) is 19.3. The summed E-state index contributed by atoms with van der Waals surface area (Å²) in [5.41, 5.74) is 0.309. The molecule has 10 N–H and O–H groups in total. The predicted octanol–water partition coefficient (Wildman–Crippen LogP) is -0.769. The van der Waals surface area contributed by atoms with Gasteiger partial charge in [0.1, 0.15) is 66.7 Å². The summed E-state index contributed by atoms with van der Waals surface area (Å²) < 4.78 is 77.5. The highest BCUT2D eigenvalue weighted by Gasteiger charge is 2.54. The number of esters is 1. The van der Waals surface area contributed by atoms with Crippen LogP contribution in [-0.2, 0) is 47.5 Å². The molecular weight excluding hydrogens is 1000 g/mol. The van der Waals surface area contributed by atoms with E-state index in [0.29, 0.717) is 6.42 Å². The van der Waals surface area contributed by atoms with Gasteiger partial charge in [0.25, 0.3) is 0 Å².